The molecule has 1 N–H and O–H groups in total. The van der Waals surface area contributed by atoms with Crippen LogP contribution in [0.25, 0.3) is 0 Å². The van der Waals surface area contributed by atoms with Gasteiger partial charge in [-0.2, -0.15) is 13.2 Å². The minimum Gasteiger partial charge on any atom is -0.733 e. The van der Waals surface area contributed by atoms with Gasteiger partial charge >= 0.3 is 6.18 Å². The molecule has 10 heteroatoms. The largest absolute Gasteiger partial charge is 0.733 e. The third-order valence-corrected chi connectivity index (χ3v) is 5.80. The Morgan fingerprint density at radius 2 is 1.78 bits per heavy atom. The van der Waals surface area contributed by atoms with Crippen molar-refractivity contribution in [3.63, 3.8) is 0 Å². The standard InChI is InChI=1S/C17H13BrCl2F3N2O2/c18-14-8-13(1-2-15(14)25(26)27)24-4-3-16(9-24,17(21,22)23)10-5-11(19)7-12(20)6-10/h1-2,5-8,26H,3-4,9H2/q-1. The van der Waals surface area contributed by atoms with Gasteiger partial charge in [0, 0.05) is 33.3 Å². The summed E-state index contributed by atoms with van der Waals surface area (Å²) >= 11 is 15.0. The van der Waals surface area contributed by atoms with Crippen molar-refractivity contribution in [1.29, 1.82) is 0 Å². The molecule has 1 atom stereocenters. The zero-order chi connectivity index (χ0) is 20.0. The zero-order valence-corrected chi connectivity index (χ0v) is 16.7. The molecule has 0 radical (unpaired) electrons. The fraction of sp³-hybridized carbons (Fsp3) is 0.294. The molecule has 3 rings (SSSR count). The summed E-state index contributed by atoms with van der Waals surface area (Å²) in [5, 5.41) is 20.0. The van der Waals surface area contributed by atoms with Gasteiger partial charge in [0.15, 0.2) is 0 Å². The highest BCUT2D eigenvalue weighted by atomic mass is 79.9. The van der Waals surface area contributed by atoms with Crippen molar-refractivity contribution in [3.8, 4) is 0 Å². The van der Waals surface area contributed by atoms with E-state index in [4.69, 9.17) is 28.4 Å². The lowest BCUT2D eigenvalue weighted by molar-refractivity contribution is -0.184. The molecular weight excluding hydrogens is 472 g/mol. The van der Waals surface area contributed by atoms with Crippen LogP contribution in [-0.2, 0) is 5.41 Å². The summed E-state index contributed by atoms with van der Waals surface area (Å²) in [5.41, 5.74) is -1.64. The fourth-order valence-corrected chi connectivity index (χ4v) is 4.38. The monoisotopic (exact) mass is 483 g/mol. The van der Waals surface area contributed by atoms with Crippen molar-refractivity contribution in [2.24, 2.45) is 0 Å². The van der Waals surface area contributed by atoms with E-state index in [0.717, 1.165) is 0 Å². The number of hydrogen-bond donors (Lipinski definition) is 1. The van der Waals surface area contributed by atoms with E-state index in [1.54, 1.807) is 4.90 Å². The Labute approximate surface area is 171 Å². The first kappa shape index (κ1) is 20.5. The van der Waals surface area contributed by atoms with Gasteiger partial charge in [0.2, 0.25) is 0 Å². The molecule has 146 valence electrons. The minimum absolute atomic E-state index is 0.0202. The second-order valence-corrected chi connectivity index (χ2v) is 8.05. The van der Waals surface area contributed by atoms with Crippen LogP contribution < -0.4 is 10.1 Å². The Morgan fingerprint density at radius 1 is 1.15 bits per heavy atom. The molecule has 0 aromatic heterocycles. The predicted molar refractivity (Wildman–Crippen MR) is 103 cm³/mol. The molecule has 1 heterocycles. The Morgan fingerprint density at radius 3 is 2.30 bits per heavy atom. The van der Waals surface area contributed by atoms with Crippen molar-refractivity contribution in [2.75, 3.05) is 23.2 Å². The van der Waals surface area contributed by atoms with Gasteiger partial charge in [-0.3, -0.25) is 5.21 Å². The van der Waals surface area contributed by atoms with Gasteiger partial charge in [-0.1, -0.05) is 23.2 Å². The average molecular weight is 485 g/mol. The van der Waals surface area contributed by atoms with Crippen molar-refractivity contribution in [2.45, 2.75) is 18.0 Å². The van der Waals surface area contributed by atoms with Crippen LogP contribution in [0.2, 0.25) is 10.0 Å². The molecule has 27 heavy (non-hydrogen) atoms. The molecule has 2 aromatic rings. The molecule has 1 saturated heterocycles. The lowest BCUT2D eigenvalue weighted by Gasteiger charge is -2.33. The SMILES string of the molecule is [O-]N(O)c1ccc(N2CCC(c3cc(Cl)cc(Cl)c3)(C(F)(F)F)C2)cc1Br. The van der Waals surface area contributed by atoms with Crippen LogP contribution in [0.15, 0.2) is 40.9 Å². The van der Waals surface area contributed by atoms with Crippen LogP contribution in [-0.4, -0.2) is 24.5 Å². The predicted octanol–water partition coefficient (Wildman–Crippen LogP) is 6.16. The number of benzene rings is 2. The highest BCUT2D eigenvalue weighted by molar-refractivity contribution is 9.10. The van der Waals surface area contributed by atoms with Crippen LogP contribution in [0.1, 0.15) is 12.0 Å². The quantitative estimate of drug-likeness (QED) is 0.530. The first-order valence-corrected chi connectivity index (χ1v) is 9.32. The number of alkyl halides is 3. The van der Waals surface area contributed by atoms with Crippen molar-refractivity contribution in [3.05, 3.63) is 61.7 Å². The van der Waals surface area contributed by atoms with Crippen LogP contribution in [0.3, 0.4) is 0 Å². The van der Waals surface area contributed by atoms with E-state index < -0.39 is 11.6 Å². The topological polar surface area (TPSA) is 49.8 Å². The maximum atomic E-state index is 14.1. The Bertz CT molecular complexity index is 846. The number of hydrogen-bond acceptors (Lipinski definition) is 4. The summed E-state index contributed by atoms with van der Waals surface area (Å²) < 4.78 is 42.6. The average Bonchev–Trinajstić information content (AvgIpc) is 3.00. The lowest BCUT2D eigenvalue weighted by atomic mass is 9.79. The van der Waals surface area contributed by atoms with Gasteiger partial charge in [-0.15, -0.1) is 0 Å². The molecule has 0 saturated carbocycles. The van der Waals surface area contributed by atoms with E-state index in [1.807, 2.05) is 0 Å². The fourth-order valence-electron chi connectivity index (χ4n) is 3.34. The molecule has 1 fully saturated rings. The van der Waals surface area contributed by atoms with E-state index in [9.17, 15) is 18.4 Å². The van der Waals surface area contributed by atoms with Gasteiger partial charge in [-0.05, 0) is 64.3 Å². The molecular formula is C17H13BrCl2F3N2O2-. The lowest BCUT2D eigenvalue weighted by Crippen LogP contribution is -2.44. The number of halogens is 6. The van der Waals surface area contributed by atoms with Crippen molar-refractivity contribution in [1.82, 2.24) is 0 Å². The molecule has 1 aliphatic heterocycles. The van der Waals surface area contributed by atoms with E-state index >= 15 is 0 Å². The van der Waals surface area contributed by atoms with Crippen LogP contribution >= 0.6 is 39.1 Å². The van der Waals surface area contributed by atoms with Gasteiger partial charge in [0.1, 0.15) is 5.41 Å². The zero-order valence-electron chi connectivity index (χ0n) is 13.6. The van der Waals surface area contributed by atoms with Gasteiger partial charge in [0.05, 0.1) is 5.69 Å². The summed E-state index contributed by atoms with van der Waals surface area (Å²) in [6.07, 6.45) is -4.68. The van der Waals surface area contributed by atoms with Crippen molar-refractivity contribution < 1.29 is 18.4 Å². The molecule has 0 bridgehead atoms. The summed E-state index contributed by atoms with van der Waals surface area (Å²) in [7, 11) is 0. The van der Waals surface area contributed by atoms with E-state index in [2.05, 4.69) is 15.9 Å². The second kappa shape index (κ2) is 7.33. The third kappa shape index (κ3) is 3.86. The maximum Gasteiger partial charge on any atom is 0.400 e. The van der Waals surface area contributed by atoms with Gasteiger partial charge < -0.3 is 15.3 Å². The number of anilines is 2. The van der Waals surface area contributed by atoms with Crippen LogP contribution in [0.5, 0.6) is 0 Å². The normalized spacial score (nSPS) is 20.2. The highest BCUT2D eigenvalue weighted by Crippen LogP contribution is 2.49. The summed E-state index contributed by atoms with van der Waals surface area (Å²) in [4.78, 5) is 1.57. The molecule has 0 amide bonds. The molecule has 2 aromatic carbocycles. The van der Waals surface area contributed by atoms with E-state index in [-0.39, 0.29) is 50.5 Å². The highest BCUT2D eigenvalue weighted by Gasteiger charge is 2.59. The van der Waals surface area contributed by atoms with Crippen molar-refractivity contribution >= 4 is 50.5 Å². The molecule has 4 nitrogen and oxygen atoms in total. The Kier molecular flexibility index (Phi) is 5.58. The molecule has 1 aliphatic rings. The molecule has 0 aliphatic carbocycles. The molecule has 1 unspecified atom stereocenters. The summed E-state index contributed by atoms with van der Waals surface area (Å²) in [6, 6.07) is 8.29. The van der Waals surface area contributed by atoms with E-state index in [0.29, 0.717) is 5.69 Å². The van der Waals surface area contributed by atoms with Gasteiger partial charge in [0.25, 0.3) is 0 Å². The number of nitrogens with zero attached hydrogens (tertiary/aromatic N) is 2. The van der Waals surface area contributed by atoms with Gasteiger partial charge in [-0.25, -0.2) is 0 Å². The maximum absolute atomic E-state index is 14.1. The van der Waals surface area contributed by atoms with Crippen LogP contribution in [0.4, 0.5) is 24.5 Å². The molecule has 0 spiro atoms. The first-order chi connectivity index (χ1) is 12.5. The second-order valence-electron chi connectivity index (χ2n) is 6.32. The Balaban J connectivity index is 1.99. The summed E-state index contributed by atoms with van der Waals surface area (Å²) in [5.74, 6) is 0. The minimum atomic E-state index is -4.51. The van der Waals surface area contributed by atoms with E-state index in [1.165, 1.54) is 36.4 Å². The van der Waals surface area contributed by atoms with Crippen LogP contribution in [0, 0.1) is 5.21 Å². The third-order valence-electron chi connectivity index (χ3n) is 4.73. The first-order valence-electron chi connectivity index (χ1n) is 7.77. The summed E-state index contributed by atoms with van der Waals surface area (Å²) in [6.45, 7) is -0.172. The Hall–Kier alpha value is -1.19. The number of rotatable bonds is 3. The smallest absolute Gasteiger partial charge is 0.400 e.